The van der Waals surface area contributed by atoms with Gasteiger partial charge in [-0.15, -0.1) is 0 Å². The molecule has 3 heterocycles. The first kappa shape index (κ1) is 16.1. The van der Waals surface area contributed by atoms with Gasteiger partial charge in [0.15, 0.2) is 0 Å². The predicted molar refractivity (Wildman–Crippen MR) is 91.1 cm³/mol. The lowest BCUT2D eigenvalue weighted by atomic mass is 10.0. The molecule has 1 aromatic carbocycles. The van der Waals surface area contributed by atoms with Crippen LogP contribution in [0.15, 0.2) is 16.7 Å². The molecule has 2 aromatic heterocycles. The molecule has 7 heteroatoms. The molecule has 0 amide bonds. The molecule has 0 aliphatic carbocycles. The molecule has 0 unspecified atom stereocenters. The summed E-state index contributed by atoms with van der Waals surface area (Å²) in [5.41, 5.74) is 3.04. The molecule has 0 bridgehead atoms. The number of hydrogen-bond donors (Lipinski definition) is 1. The van der Waals surface area contributed by atoms with Crippen molar-refractivity contribution in [3.8, 4) is 0 Å². The van der Waals surface area contributed by atoms with Gasteiger partial charge < -0.3 is 19.0 Å². The summed E-state index contributed by atoms with van der Waals surface area (Å²) in [4.78, 5) is 11.4. The number of fused-ring (bicyclic) bond motifs is 3. The maximum Gasteiger partial charge on any atom is 0.372 e. The lowest BCUT2D eigenvalue weighted by Crippen LogP contribution is -2.32. The van der Waals surface area contributed by atoms with Crippen LogP contribution in [0.3, 0.4) is 0 Å². The number of aromatic carboxylic acids is 1. The second-order valence-corrected chi connectivity index (χ2v) is 6.30. The minimum absolute atomic E-state index is 0.0244. The molecule has 0 saturated carbocycles. The molecular weight excluding hydrogens is 324 g/mol. The van der Waals surface area contributed by atoms with Gasteiger partial charge in [0.05, 0.1) is 31.8 Å². The lowest BCUT2D eigenvalue weighted by Gasteiger charge is -2.22. The normalized spacial score (nSPS) is 18.2. The number of carbonyl (C=O) groups is 1. The number of aromatic nitrogens is 2. The van der Waals surface area contributed by atoms with E-state index in [9.17, 15) is 9.90 Å². The molecule has 25 heavy (non-hydrogen) atoms. The van der Waals surface area contributed by atoms with E-state index in [1.807, 2.05) is 16.9 Å². The zero-order valence-electron chi connectivity index (χ0n) is 14.2. The van der Waals surface area contributed by atoms with Gasteiger partial charge in [-0.2, -0.15) is 5.10 Å². The van der Waals surface area contributed by atoms with Crippen molar-refractivity contribution in [3.63, 3.8) is 0 Å². The maximum absolute atomic E-state index is 11.4. The highest BCUT2D eigenvalue weighted by Gasteiger charge is 2.22. The zero-order chi connectivity index (χ0) is 17.6. The van der Waals surface area contributed by atoms with Gasteiger partial charge in [-0.05, 0) is 25.0 Å². The summed E-state index contributed by atoms with van der Waals surface area (Å²) >= 11 is 0. The summed E-state index contributed by atoms with van der Waals surface area (Å²) in [5.74, 6) is -1.09. The first-order chi connectivity index (χ1) is 12.1. The van der Waals surface area contributed by atoms with Gasteiger partial charge in [-0.1, -0.05) is 6.92 Å². The maximum atomic E-state index is 11.4. The van der Waals surface area contributed by atoms with Gasteiger partial charge in [0.2, 0.25) is 5.76 Å². The Balaban J connectivity index is 1.86. The number of ether oxygens (including phenoxy) is 2. The van der Waals surface area contributed by atoms with E-state index < -0.39 is 5.97 Å². The Labute approximate surface area is 144 Å². The van der Waals surface area contributed by atoms with Crippen molar-refractivity contribution in [2.45, 2.75) is 32.9 Å². The molecule has 1 fully saturated rings. The fourth-order valence-electron chi connectivity index (χ4n) is 3.45. The van der Waals surface area contributed by atoms with Gasteiger partial charge >= 0.3 is 5.97 Å². The Kier molecular flexibility index (Phi) is 3.97. The minimum Gasteiger partial charge on any atom is -0.475 e. The van der Waals surface area contributed by atoms with Crippen LogP contribution < -0.4 is 0 Å². The number of carboxylic acid groups (broad SMARTS) is 1. The van der Waals surface area contributed by atoms with E-state index in [4.69, 9.17) is 19.0 Å². The number of hydrogen-bond acceptors (Lipinski definition) is 5. The second-order valence-electron chi connectivity index (χ2n) is 6.30. The highest BCUT2D eigenvalue weighted by Crippen LogP contribution is 2.34. The van der Waals surface area contributed by atoms with Gasteiger partial charge in [0.25, 0.3) is 0 Å². The SMILES string of the molecule is CCc1cc2oc(C(=O)O)c(C)c2c2nn(C[C@H]3COCCO3)cc12. The van der Waals surface area contributed by atoms with Crippen LogP contribution in [0.2, 0.25) is 0 Å². The van der Waals surface area contributed by atoms with Crippen molar-refractivity contribution in [3.05, 3.63) is 29.2 Å². The molecule has 0 spiro atoms. The van der Waals surface area contributed by atoms with Crippen molar-refractivity contribution < 1.29 is 23.8 Å². The Hall–Kier alpha value is -2.38. The molecule has 1 aliphatic heterocycles. The molecule has 1 aliphatic rings. The van der Waals surface area contributed by atoms with Crippen LogP contribution in [0.1, 0.15) is 28.6 Å². The molecule has 132 valence electrons. The largest absolute Gasteiger partial charge is 0.475 e. The smallest absolute Gasteiger partial charge is 0.372 e. The van der Waals surface area contributed by atoms with E-state index >= 15 is 0 Å². The van der Waals surface area contributed by atoms with E-state index in [0.29, 0.717) is 37.5 Å². The molecule has 4 rings (SSSR count). The van der Waals surface area contributed by atoms with Gasteiger partial charge in [0.1, 0.15) is 17.2 Å². The van der Waals surface area contributed by atoms with Crippen molar-refractivity contribution in [1.29, 1.82) is 0 Å². The van der Waals surface area contributed by atoms with Gasteiger partial charge in [-0.3, -0.25) is 4.68 Å². The van der Waals surface area contributed by atoms with Crippen LogP contribution in [0.5, 0.6) is 0 Å². The van der Waals surface area contributed by atoms with Crippen LogP contribution in [0.25, 0.3) is 21.9 Å². The monoisotopic (exact) mass is 344 g/mol. The Morgan fingerprint density at radius 1 is 1.44 bits per heavy atom. The predicted octanol–water partition coefficient (Wildman–Crippen LogP) is 2.77. The standard InChI is InChI=1S/C18H20N2O5/c1-3-11-6-14-15(10(2)17(25-14)18(21)22)16-13(11)8-20(19-16)7-12-9-23-4-5-24-12/h6,8,12H,3-5,7,9H2,1-2H3,(H,21,22)/t12-/m0/s1. The average molecular weight is 344 g/mol. The summed E-state index contributed by atoms with van der Waals surface area (Å²) in [6.45, 7) is 6.20. The van der Waals surface area contributed by atoms with E-state index in [1.165, 1.54) is 0 Å². The highest BCUT2D eigenvalue weighted by molar-refractivity contribution is 6.09. The number of carboxylic acids is 1. The molecular formula is C18H20N2O5. The van der Waals surface area contributed by atoms with E-state index in [2.05, 4.69) is 6.92 Å². The van der Waals surface area contributed by atoms with Crippen LogP contribution in [0, 0.1) is 6.92 Å². The molecule has 1 saturated heterocycles. The number of benzene rings is 1. The summed E-state index contributed by atoms with van der Waals surface area (Å²) < 4.78 is 18.6. The highest BCUT2D eigenvalue weighted by atomic mass is 16.6. The third-order valence-corrected chi connectivity index (χ3v) is 4.67. The van der Waals surface area contributed by atoms with Crippen LogP contribution in [-0.2, 0) is 22.4 Å². The second kappa shape index (κ2) is 6.16. The number of rotatable bonds is 4. The number of furan rings is 1. The van der Waals surface area contributed by atoms with Crippen molar-refractivity contribution in [1.82, 2.24) is 9.78 Å². The molecule has 1 atom stereocenters. The summed E-state index contributed by atoms with van der Waals surface area (Å²) in [6.07, 6.45) is 2.78. The third-order valence-electron chi connectivity index (χ3n) is 4.67. The third kappa shape index (κ3) is 2.69. The van der Waals surface area contributed by atoms with Crippen molar-refractivity contribution in [2.75, 3.05) is 19.8 Å². The summed E-state index contributed by atoms with van der Waals surface area (Å²) in [6, 6.07) is 1.92. The number of nitrogens with zero attached hydrogens (tertiary/aromatic N) is 2. The zero-order valence-corrected chi connectivity index (χ0v) is 14.2. The fourth-order valence-corrected chi connectivity index (χ4v) is 3.45. The first-order valence-corrected chi connectivity index (χ1v) is 8.43. The van der Waals surface area contributed by atoms with Gasteiger partial charge in [0, 0.05) is 17.1 Å². The fraction of sp³-hybridized carbons (Fsp3) is 0.444. The molecule has 7 nitrogen and oxygen atoms in total. The minimum atomic E-state index is -1.06. The first-order valence-electron chi connectivity index (χ1n) is 8.43. The van der Waals surface area contributed by atoms with E-state index in [1.54, 1.807) is 6.92 Å². The Morgan fingerprint density at radius 2 is 2.28 bits per heavy atom. The van der Waals surface area contributed by atoms with E-state index in [0.717, 1.165) is 28.3 Å². The van der Waals surface area contributed by atoms with Crippen LogP contribution in [-0.4, -0.2) is 46.8 Å². The molecule has 1 N–H and O–H groups in total. The Morgan fingerprint density at radius 3 is 2.96 bits per heavy atom. The van der Waals surface area contributed by atoms with E-state index in [-0.39, 0.29) is 11.9 Å². The van der Waals surface area contributed by atoms with Crippen LogP contribution >= 0.6 is 0 Å². The Bertz CT molecular complexity index is 950. The summed E-state index contributed by atoms with van der Waals surface area (Å²) in [7, 11) is 0. The molecule has 3 aromatic rings. The van der Waals surface area contributed by atoms with Crippen LogP contribution in [0.4, 0.5) is 0 Å². The molecule has 0 radical (unpaired) electrons. The summed E-state index contributed by atoms with van der Waals surface area (Å²) in [5, 5.41) is 15.8. The lowest BCUT2D eigenvalue weighted by molar-refractivity contribution is -0.0945. The topological polar surface area (TPSA) is 86.7 Å². The van der Waals surface area contributed by atoms with Crippen molar-refractivity contribution in [2.24, 2.45) is 0 Å². The number of aryl methyl sites for hydroxylation is 2. The average Bonchev–Trinajstić information content (AvgIpc) is 3.15. The quantitative estimate of drug-likeness (QED) is 0.783. The van der Waals surface area contributed by atoms with Gasteiger partial charge in [-0.25, -0.2) is 4.79 Å². The van der Waals surface area contributed by atoms with Crippen molar-refractivity contribution >= 4 is 27.8 Å².